The number of hydrogen-bond acceptors (Lipinski definition) is 3. The van der Waals surface area contributed by atoms with Crippen molar-refractivity contribution in [1.82, 2.24) is 5.32 Å². The smallest absolute Gasteiger partial charge is 0.338 e. The molecule has 0 saturated heterocycles. The Labute approximate surface area is 152 Å². The van der Waals surface area contributed by atoms with Crippen molar-refractivity contribution in [2.45, 2.75) is 6.54 Å². The van der Waals surface area contributed by atoms with Crippen LogP contribution in [0, 0.1) is 0 Å². The first-order valence-corrected chi connectivity index (χ1v) is 8.29. The van der Waals surface area contributed by atoms with E-state index < -0.39 is 0 Å². The third-order valence-corrected chi connectivity index (χ3v) is 4.09. The van der Waals surface area contributed by atoms with E-state index in [0.717, 1.165) is 16.7 Å². The third kappa shape index (κ3) is 3.98. The SMILES string of the molecule is COC(=O)c1ccccc1-c1ccc(CNC(=O)c2ccccc2)cc1. The van der Waals surface area contributed by atoms with Crippen LogP contribution in [0.5, 0.6) is 0 Å². The van der Waals surface area contributed by atoms with Gasteiger partial charge in [-0.25, -0.2) is 4.79 Å². The molecule has 130 valence electrons. The summed E-state index contributed by atoms with van der Waals surface area (Å²) in [6, 6.07) is 24.2. The lowest BCUT2D eigenvalue weighted by Gasteiger charge is -2.09. The van der Waals surface area contributed by atoms with E-state index in [9.17, 15) is 9.59 Å². The molecule has 1 amide bonds. The first kappa shape index (κ1) is 17.4. The van der Waals surface area contributed by atoms with Crippen LogP contribution in [0.2, 0.25) is 0 Å². The predicted octanol–water partition coefficient (Wildman–Crippen LogP) is 4.07. The molecule has 0 aromatic heterocycles. The Bertz CT molecular complexity index is 902. The van der Waals surface area contributed by atoms with Crippen LogP contribution in [-0.2, 0) is 11.3 Å². The molecule has 4 heteroatoms. The fraction of sp³-hybridized carbons (Fsp3) is 0.0909. The summed E-state index contributed by atoms with van der Waals surface area (Å²) >= 11 is 0. The van der Waals surface area contributed by atoms with Crippen LogP contribution in [0.3, 0.4) is 0 Å². The molecule has 0 radical (unpaired) electrons. The Morgan fingerprint density at radius 1 is 0.846 bits per heavy atom. The molecule has 0 atom stereocenters. The van der Waals surface area contributed by atoms with E-state index in [1.807, 2.05) is 60.7 Å². The fourth-order valence-electron chi connectivity index (χ4n) is 2.70. The van der Waals surface area contributed by atoms with Crippen molar-refractivity contribution in [2.24, 2.45) is 0 Å². The Morgan fingerprint density at radius 3 is 2.19 bits per heavy atom. The topological polar surface area (TPSA) is 55.4 Å². The summed E-state index contributed by atoms with van der Waals surface area (Å²) in [5.41, 5.74) is 3.88. The summed E-state index contributed by atoms with van der Waals surface area (Å²) in [6.07, 6.45) is 0. The third-order valence-electron chi connectivity index (χ3n) is 4.09. The maximum atomic E-state index is 12.1. The molecule has 0 aliphatic carbocycles. The van der Waals surface area contributed by atoms with E-state index in [1.165, 1.54) is 7.11 Å². The zero-order valence-electron chi connectivity index (χ0n) is 14.4. The monoisotopic (exact) mass is 345 g/mol. The summed E-state index contributed by atoms with van der Waals surface area (Å²) in [4.78, 5) is 24.0. The van der Waals surface area contributed by atoms with Gasteiger partial charge < -0.3 is 10.1 Å². The van der Waals surface area contributed by atoms with Crippen LogP contribution in [0.15, 0.2) is 78.9 Å². The molecule has 0 aliphatic rings. The average molecular weight is 345 g/mol. The summed E-state index contributed by atoms with van der Waals surface area (Å²) < 4.78 is 4.84. The van der Waals surface area contributed by atoms with Gasteiger partial charge in [-0.05, 0) is 34.9 Å². The number of carbonyl (C=O) groups excluding carboxylic acids is 2. The highest BCUT2D eigenvalue weighted by molar-refractivity contribution is 5.97. The lowest BCUT2D eigenvalue weighted by Crippen LogP contribution is -2.22. The maximum absolute atomic E-state index is 12.1. The molecule has 3 aromatic carbocycles. The van der Waals surface area contributed by atoms with Crippen molar-refractivity contribution in [3.05, 3.63) is 95.6 Å². The second-order valence-corrected chi connectivity index (χ2v) is 5.78. The van der Waals surface area contributed by atoms with Crippen molar-refractivity contribution in [3.63, 3.8) is 0 Å². The Hall–Kier alpha value is -3.40. The molecule has 0 aliphatic heterocycles. The van der Waals surface area contributed by atoms with Gasteiger partial charge >= 0.3 is 5.97 Å². The Kier molecular flexibility index (Phi) is 5.44. The second-order valence-electron chi connectivity index (χ2n) is 5.78. The van der Waals surface area contributed by atoms with E-state index >= 15 is 0 Å². The van der Waals surface area contributed by atoms with E-state index in [-0.39, 0.29) is 11.9 Å². The van der Waals surface area contributed by atoms with Gasteiger partial charge in [0.05, 0.1) is 12.7 Å². The van der Waals surface area contributed by atoms with Crippen LogP contribution >= 0.6 is 0 Å². The lowest BCUT2D eigenvalue weighted by molar-refractivity contribution is 0.0601. The van der Waals surface area contributed by atoms with Crippen molar-refractivity contribution in [1.29, 1.82) is 0 Å². The van der Waals surface area contributed by atoms with E-state index in [2.05, 4.69) is 5.32 Å². The number of esters is 1. The Balaban J connectivity index is 1.72. The minimum absolute atomic E-state index is 0.106. The van der Waals surface area contributed by atoms with E-state index in [4.69, 9.17) is 4.74 Å². The van der Waals surface area contributed by atoms with Gasteiger partial charge in [0.25, 0.3) is 5.91 Å². The van der Waals surface area contributed by atoms with E-state index in [1.54, 1.807) is 18.2 Å². The summed E-state index contributed by atoms with van der Waals surface area (Å²) in [5.74, 6) is -0.467. The van der Waals surface area contributed by atoms with Gasteiger partial charge in [-0.3, -0.25) is 4.79 Å². The van der Waals surface area contributed by atoms with Crippen molar-refractivity contribution < 1.29 is 14.3 Å². The van der Waals surface area contributed by atoms with Crippen LogP contribution in [0.25, 0.3) is 11.1 Å². The molecule has 0 saturated carbocycles. The van der Waals surface area contributed by atoms with E-state index in [0.29, 0.717) is 17.7 Å². The van der Waals surface area contributed by atoms with Gasteiger partial charge in [0.2, 0.25) is 0 Å². The largest absolute Gasteiger partial charge is 0.465 e. The summed E-state index contributed by atoms with van der Waals surface area (Å²) in [5, 5.41) is 2.90. The van der Waals surface area contributed by atoms with Crippen LogP contribution in [0.4, 0.5) is 0 Å². The minimum atomic E-state index is -0.361. The molecule has 3 aromatic rings. The molecule has 0 fully saturated rings. The standard InChI is InChI=1S/C22H19NO3/c1-26-22(25)20-10-6-5-9-19(20)17-13-11-16(12-14-17)15-23-21(24)18-7-3-2-4-8-18/h2-14H,15H2,1H3,(H,23,24). The number of nitrogens with one attached hydrogen (secondary N) is 1. The quantitative estimate of drug-likeness (QED) is 0.709. The number of ether oxygens (including phenoxy) is 1. The van der Waals surface area contributed by atoms with Crippen molar-refractivity contribution >= 4 is 11.9 Å². The van der Waals surface area contributed by atoms with Crippen LogP contribution < -0.4 is 5.32 Å². The number of rotatable bonds is 5. The Morgan fingerprint density at radius 2 is 1.50 bits per heavy atom. The highest BCUT2D eigenvalue weighted by Gasteiger charge is 2.12. The molecular formula is C22H19NO3. The van der Waals surface area contributed by atoms with Gasteiger partial charge in [0.1, 0.15) is 0 Å². The fourth-order valence-corrected chi connectivity index (χ4v) is 2.70. The number of carbonyl (C=O) groups is 2. The molecule has 1 N–H and O–H groups in total. The predicted molar refractivity (Wildman–Crippen MR) is 101 cm³/mol. The minimum Gasteiger partial charge on any atom is -0.465 e. The number of methoxy groups -OCH3 is 1. The van der Waals surface area contributed by atoms with Gasteiger partial charge in [0, 0.05) is 12.1 Å². The summed E-state index contributed by atoms with van der Waals surface area (Å²) in [7, 11) is 1.37. The molecule has 0 spiro atoms. The molecule has 0 bridgehead atoms. The van der Waals surface area contributed by atoms with Gasteiger partial charge in [0.15, 0.2) is 0 Å². The zero-order chi connectivity index (χ0) is 18.4. The van der Waals surface area contributed by atoms with Gasteiger partial charge in [-0.2, -0.15) is 0 Å². The zero-order valence-corrected chi connectivity index (χ0v) is 14.4. The molecular weight excluding hydrogens is 326 g/mol. The number of benzene rings is 3. The van der Waals surface area contributed by atoms with Crippen molar-refractivity contribution in [3.8, 4) is 11.1 Å². The molecule has 26 heavy (non-hydrogen) atoms. The van der Waals surface area contributed by atoms with Gasteiger partial charge in [-0.15, -0.1) is 0 Å². The van der Waals surface area contributed by atoms with Crippen molar-refractivity contribution in [2.75, 3.05) is 7.11 Å². The average Bonchev–Trinajstić information content (AvgIpc) is 2.72. The maximum Gasteiger partial charge on any atom is 0.338 e. The summed E-state index contributed by atoms with van der Waals surface area (Å²) in [6.45, 7) is 0.437. The number of hydrogen-bond donors (Lipinski definition) is 1. The van der Waals surface area contributed by atoms with Crippen LogP contribution in [-0.4, -0.2) is 19.0 Å². The second kappa shape index (κ2) is 8.12. The normalized spacial score (nSPS) is 10.2. The first-order valence-electron chi connectivity index (χ1n) is 8.29. The van der Waals surface area contributed by atoms with Crippen LogP contribution in [0.1, 0.15) is 26.3 Å². The highest BCUT2D eigenvalue weighted by Crippen LogP contribution is 2.24. The lowest BCUT2D eigenvalue weighted by atomic mass is 9.98. The van der Waals surface area contributed by atoms with Gasteiger partial charge in [-0.1, -0.05) is 60.7 Å². The molecule has 4 nitrogen and oxygen atoms in total. The molecule has 0 heterocycles. The molecule has 3 rings (SSSR count). The first-order chi connectivity index (χ1) is 12.7. The number of amides is 1. The molecule has 0 unspecified atom stereocenters. The highest BCUT2D eigenvalue weighted by atomic mass is 16.5.